The average Bonchev–Trinajstić information content (AvgIpc) is 2.78. The first-order valence-corrected chi connectivity index (χ1v) is 12.7. The van der Waals surface area contributed by atoms with E-state index in [1.165, 1.54) is 22.5 Å². The van der Waals surface area contributed by atoms with E-state index in [0.717, 1.165) is 5.56 Å². The van der Waals surface area contributed by atoms with Crippen LogP contribution in [0.1, 0.15) is 43.9 Å². The monoisotopic (exact) mass is 485 g/mol. The summed E-state index contributed by atoms with van der Waals surface area (Å²) >= 11 is 0. The maximum Gasteiger partial charge on any atom is 0.405 e. The predicted molar refractivity (Wildman–Crippen MR) is 130 cm³/mol. The van der Waals surface area contributed by atoms with Gasteiger partial charge in [-0.15, -0.1) is 0 Å². The minimum atomic E-state index is -3.78. The van der Waals surface area contributed by atoms with E-state index in [2.05, 4.69) is 17.2 Å². The van der Waals surface area contributed by atoms with Gasteiger partial charge in [0, 0.05) is 18.1 Å². The van der Waals surface area contributed by atoms with Gasteiger partial charge < -0.3 is 15.7 Å². The number of amides is 2. The van der Waals surface area contributed by atoms with Gasteiger partial charge >= 0.3 is 6.09 Å². The van der Waals surface area contributed by atoms with Crippen molar-refractivity contribution in [3.05, 3.63) is 78.4 Å². The fraction of sp³-hybridized carbons (Fsp3) is 0.360. The van der Waals surface area contributed by atoms with Crippen molar-refractivity contribution in [1.82, 2.24) is 14.9 Å². The molecule has 2 aromatic carbocycles. The molecule has 2 aromatic rings. The lowest BCUT2D eigenvalue weighted by Crippen LogP contribution is -2.54. The maximum absolute atomic E-state index is 13.5. The van der Waals surface area contributed by atoms with E-state index < -0.39 is 22.2 Å². The summed E-state index contributed by atoms with van der Waals surface area (Å²) < 4.78 is 28.4. The van der Waals surface area contributed by atoms with E-state index in [9.17, 15) is 23.1 Å². The molecule has 34 heavy (non-hydrogen) atoms. The van der Waals surface area contributed by atoms with Crippen molar-refractivity contribution >= 4 is 22.0 Å². The third kappa shape index (κ3) is 6.03. The number of rotatable bonds is 8. The third-order valence-electron chi connectivity index (χ3n) is 6.09. The molecule has 1 aliphatic heterocycles. The molecule has 2 amide bonds. The summed E-state index contributed by atoms with van der Waals surface area (Å²) in [5.41, 5.74) is 1.64. The highest BCUT2D eigenvalue weighted by Gasteiger charge is 2.39. The van der Waals surface area contributed by atoms with E-state index >= 15 is 0 Å². The SMILES string of the molecule is C=CC(=O)NC1CC(C)N(S(=O)(=O)c2ccc(C(Cc3ccccc3)NC(=O)O)cc2)C(C)C1. The predicted octanol–water partition coefficient (Wildman–Crippen LogP) is 3.47. The molecule has 8 nitrogen and oxygen atoms in total. The fourth-order valence-electron chi connectivity index (χ4n) is 4.66. The van der Waals surface area contributed by atoms with Crippen LogP contribution < -0.4 is 10.6 Å². The number of nitrogens with zero attached hydrogens (tertiary/aromatic N) is 1. The van der Waals surface area contributed by atoms with Gasteiger partial charge in [0.15, 0.2) is 0 Å². The van der Waals surface area contributed by atoms with Crippen molar-refractivity contribution in [2.24, 2.45) is 0 Å². The second kappa shape index (κ2) is 10.8. The number of hydrogen-bond donors (Lipinski definition) is 3. The summed E-state index contributed by atoms with van der Waals surface area (Å²) in [5.74, 6) is -0.267. The first-order valence-electron chi connectivity index (χ1n) is 11.2. The lowest BCUT2D eigenvalue weighted by molar-refractivity contribution is -0.117. The van der Waals surface area contributed by atoms with Crippen LogP contribution in [-0.2, 0) is 21.2 Å². The largest absolute Gasteiger partial charge is 0.465 e. The zero-order valence-corrected chi connectivity index (χ0v) is 20.2. The highest BCUT2D eigenvalue weighted by molar-refractivity contribution is 7.89. The molecule has 182 valence electrons. The molecule has 3 N–H and O–H groups in total. The maximum atomic E-state index is 13.5. The molecule has 0 saturated carbocycles. The van der Waals surface area contributed by atoms with E-state index in [1.54, 1.807) is 12.1 Å². The zero-order chi connectivity index (χ0) is 24.9. The van der Waals surface area contributed by atoms with Gasteiger partial charge in [-0.2, -0.15) is 4.31 Å². The molecule has 0 bridgehead atoms. The average molecular weight is 486 g/mol. The molecule has 3 atom stereocenters. The zero-order valence-electron chi connectivity index (χ0n) is 19.3. The number of piperidine rings is 1. The van der Waals surface area contributed by atoms with Gasteiger partial charge in [0.25, 0.3) is 0 Å². The van der Waals surface area contributed by atoms with Crippen LogP contribution >= 0.6 is 0 Å². The van der Waals surface area contributed by atoms with Crippen molar-refractivity contribution in [3.8, 4) is 0 Å². The number of benzene rings is 2. The van der Waals surface area contributed by atoms with E-state index in [4.69, 9.17) is 0 Å². The number of carbonyl (C=O) groups is 2. The summed E-state index contributed by atoms with van der Waals surface area (Å²) in [6, 6.07) is 14.6. The van der Waals surface area contributed by atoms with Gasteiger partial charge in [0.2, 0.25) is 15.9 Å². The van der Waals surface area contributed by atoms with Crippen LogP contribution in [0.5, 0.6) is 0 Å². The van der Waals surface area contributed by atoms with E-state index in [-0.39, 0.29) is 28.9 Å². The first-order chi connectivity index (χ1) is 16.1. The van der Waals surface area contributed by atoms with Gasteiger partial charge in [-0.25, -0.2) is 13.2 Å². The molecule has 0 aromatic heterocycles. The van der Waals surface area contributed by atoms with Crippen LogP contribution in [0.2, 0.25) is 0 Å². The van der Waals surface area contributed by atoms with E-state index in [1.807, 2.05) is 44.2 Å². The second-order valence-corrected chi connectivity index (χ2v) is 10.5. The fourth-order valence-corrected chi connectivity index (χ4v) is 6.50. The Hall–Kier alpha value is -3.17. The minimum absolute atomic E-state index is 0.120. The highest BCUT2D eigenvalue weighted by Crippen LogP contribution is 2.31. The first kappa shape index (κ1) is 25.5. The van der Waals surface area contributed by atoms with Gasteiger partial charge in [-0.3, -0.25) is 4.79 Å². The molecule has 3 unspecified atom stereocenters. The Bertz CT molecular complexity index is 1110. The molecular formula is C25H31N3O5S. The Morgan fingerprint density at radius 2 is 1.68 bits per heavy atom. The van der Waals surface area contributed by atoms with Crippen molar-refractivity contribution in [1.29, 1.82) is 0 Å². The molecule has 1 aliphatic rings. The van der Waals surface area contributed by atoms with Gasteiger partial charge in [-0.05, 0) is 62.4 Å². The number of sulfonamides is 1. The van der Waals surface area contributed by atoms with Crippen LogP contribution in [-0.4, -0.2) is 48.0 Å². The van der Waals surface area contributed by atoms with Gasteiger partial charge in [0.1, 0.15) is 0 Å². The molecule has 1 saturated heterocycles. The molecule has 0 spiro atoms. The van der Waals surface area contributed by atoms with Crippen LogP contribution in [0.4, 0.5) is 4.79 Å². The Labute approximate surface area is 200 Å². The Balaban J connectivity index is 1.79. The number of carbonyl (C=O) groups excluding carboxylic acids is 1. The summed E-state index contributed by atoms with van der Waals surface area (Å²) in [7, 11) is -3.78. The Kier molecular flexibility index (Phi) is 8.11. The lowest BCUT2D eigenvalue weighted by Gasteiger charge is -2.41. The summed E-state index contributed by atoms with van der Waals surface area (Å²) in [6.07, 6.45) is 1.51. The summed E-state index contributed by atoms with van der Waals surface area (Å²) in [4.78, 5) is 23.2. The molecule has 1 heterocycles. The second-order valence-electron chi connectivity index (χ2n) is 8.67. The lowest BCUT2D eigenvalue weighted by atomic mass is 9.95. The third-order valence-corrected chi connectivity index (χ3v) is 8.23. The standard InChI is InChI=1S/C25H31N3O5S/c1-4-24(29)26-21-14-17(2)28(18(3)15-21)34(32,33)22-12-10-20(11-13-22)23(27-25(30)31)16-19-8-6-5-7-9-19/h4-13,17-18,21,23,27H,1,14-16H2,2-3H3,(H,26,29)(H,30,31). The van der Waals surface area contributed by atoms with Crippen LogP contribution in [0, 0.1) is 0 Å². The normalized spacial score (nSPS) is 21.9. The van der Waals surface area contributed by atoms with E-state index in [0.29, 0.717) is 24.8 Å². The van der Waals surface area contributed by atoms with Gasteiger partial charge in [0.05, 0.1) is 10.9 Å². The van der Waals surface area contributed by atoms with Crippen molar-refractivity contribution < 1.29 is 23.1 Å². The quantitative estimate of drug-likeness (QED) is 0.495. The van der Waals surface area contributed by atoms with Gasteiger partial charge in [-0.1, -0.05) is 49.0 Å². The number of nitrogens with one attached hydrogen (secondary N) is 2. The molecular weight excluding hydrogens is 454 g/mol. The van der Waals surface area contributed by atoms with Crippen LogP contribution in [0.25, 0.3) is 0 Å². The number of carboxylic acid groups (broad SMARTS) is 1. The highest BCUT2D eigenvalue weighted by atomic mass is 32.2. The molecule has 9 heteroatoms. The van der Waals surface area contributed by atoms with Crippen LogP contribution in [0.15, 0.2) is 72.1 Å². The number of hydrogen-bond acceptors (Lipinski definition) is 4. The smallest absolute Gasteiger partial charge is 0.405 e. The van der Waals surface area contributed by atoms with Crippen molar-refractivity contribution in [3.63, 3.8) is 0 Å². The van der Waals surface area contributed by atoms with Crippen LogP contribution in [0.3, 0.4) is 0 Å². The Morgan fingerprint density at radius 1 is 1.09 bits per heavy atom. The topological polar surface area (TPSA) is 116 Å². The van der Waals surface area contributed by atoms with Crippen molar-refractivity contribution in [2.45, 2.75) is 62.2 Å². The molecule has 1 fully saturated rings. The summed E-state index contributed by atoms with van der Waals surface area (Å²) in [5, 5.41) is 14.7. The molecule has 0 radical (unpaired) electrons. The Morgan fingerprint density at radius 3 is 2.21 bits per heavy atom. The summed E-state index contributed by atoms with van der Waals surface area (Å²) in [6.45, 7) is 7.13. The minimum Gasteiger partial charge on any atom is -0.465 e. The molecule has 3 rings (SSSR count). The molecule has 0 aliphatic carbocycles. The van der Waals surface area contributed by atoms with Crippen molar-refractivity contribution in [2.75, 3.05) is 0 Å².